The summed E-state index contributed by atoms with van der Waals surface area (Å²) in [6.07, 6.45) is 2.41. The van der Waals surface area contributed by atoms with Crippen molar-refractivity contribution in [3.63, 3.8) is 0 Å². The molecule has 3 amide bonds. The van der Waals surface area contributed by atoms with Gasteiger partial charge in [0.05, 0.1) is 12.1 Å². The zero-order chi connectivity index (χ0) is 14.8. The molecule has 114 valence electrons. The van der Waals surface area contributed by atoms with E-state index >= 15 is 0 Å². The molecule has 2 rings (SSSR count). The van der Waals surface area contributed by atoms with E-state index in [-0.39, 0.29) is 24.5 Å². The number of rotatable bonds is 6. The fraction of sp³-hybridized carbons (Fsp3) is 0.800. The Morgan fingerprint density at radius 3 is 2.85 bits per heavy atom. The first-order valence-electron chi connectivity index (χ1n) is 6.37. The second kappa shape index (κ2) is 6.19. The fourth-order valence-electron chi connectivity index (χ4n) is 2.48. The zero-order valence-corrected chi connectivity index (χ0v) is 12.4. The minimum absolute atomic E-state index is 0.113. The molecule has 0 unspecified atom stereocenters. The van der Waals surface area contributed by atoms with E-state index in [1.54, 1.807) is 4.72 Å². The Morgan fingerprint density at radius 1 is 1.40 bits per heavy atom. The Bertz CT molecular complexity index is 495. The first-order valence-corrected chi connectivity index (χ1v) is 8.96. The van der Waals surface area contributed by atoms with Gasteiger partial charge >= 0.3 is 6.03 Å². The van der Waals surface area contributed by atoms with Gasteiger partial charge in [0.2, 0.25) is 5.91 Å². The predicted octanol–water partition coefficient (Wildman–Crippen LogP) is -0.968. The highest BCUT2D eigenvalue weighted by atomic mass is 32.2. The summed E-state index contributed by atoms with van der Waals surface area (Å²) in [6, 6.07) is 0.242. The number of carbonyl (C=O) groups excluding carboxylic acids is 2. The first-order chi connectivity index (χ1) is 9.35. The van der Waals surface area contributed by atoms with Crippen LogP contribution in [0, 0.1) is 0 Å². The molecule has 20 heavy (non-hydrogen) atoms. The van der Waals surface area contributed by atoms with Gasteiger partial charge in [-0.25, -0.2) is 14.7 Å². The van der Waals surface area contributed by atoms with E-state index in [9.17, 15) is 18.0 Å². The molecule has 3 atom stereocenters. The molecule has 0 bridgehead atoms. The van der Waals surface area contributed by atoms with Gasteiger partial charge in [-0.15, -0.1) is 0 Å². The number of thioether (sulfide) groups is 1. The maximum atomic E-state index is 11.2. The molecule has 0 saturated carbocycles. The molecule has 2 aliphatic rings. The molecule has 0 aromatic rings. The van der Waals surface area contributed by atoms with Crippen LogP contribution < -0.4 is 20.5 Å². The van der Waals surface area contributed by atoms with Crippen molar-refractivity contribution in [2.75, 3.05) is 5.75 Å². The van der Waals surface area contributed by atoms with Crippen LogP contribution in [-0.2, 0) is 15.0 Å². The van der Waals surface area contributed by atoms with E-state index in [1.165, 1.54) is 0 Å². The Balaban J connectivity index is 1.64. The summed E-state index contributed by atoms with van der Waals surface area (Å²) in [4.78, 5) is 22.4. The maximum absolute atomic E-state index is 11.2. The molecule has 0 spiro atoms. The van der Waals surface area contributed by atoms with Gasteiger partial charge in [-0.3, -0.25) is 4.79 Å². The number of hydrogen-bond donors (Lipinski definition) is 4. The van der Waals surface area contributed by atoms with Crippen molar-refractivity contribution in [3.05, 3.63) is 0 Å². The van der Waals surface area contributed by atoms with Gasteiger partial charge in [0.25, 0.3) is 10.2 Å². The largest absolute Gasteiger partial charge is 0.332 e. The van der Waals surface area contributed by atoms with Gasteiger partial charge in [-0.05, 0) is 12.8 Å². The SMILES string of the molecule is NS(=O)(=O)NC(=O)CCCC[C@@H]1SC[C@@H]2NC(=O)N[C@@H]21. The molecule has 0 aliphatic carbocycles. The number of fused-ring (bicyclic) bond motifs is 1. The van der Waals surface area contributed by atoms with Crippen LogP contribution in [0.3, 0.4) is 0 Å². The van der Waals surface area contributed by atoms with Crippen LogP contribution in [0.15, 0.2) is 0 Å². The van der Waals surface area contributed by atoms with Crippen molar-refractivity contribution in [2.24, 2.45) is 5.14 Å². The first kappa shape index (κ1) is 15.4. The van der Waals surface area contributed by atoms with Crippen LogP contribution in [0.5, 0.6) is 0 Å². The normalized spacial score (nSPS) is 28.6. The molecular weight excluding hydrogens is 304 g/mol. The smallest absolute Gasteiger partial charge is 0.315 e. The van der Waals surface area contributed by atoms with Gasteiger partial charge in [0.15, 0.2) is 0 Å². The molecule has 0 radical (unpaired) electrons. The molecular formula is C10H18N4O4S2. The van der Waals surface area contributed by atoms with Crippen molar-refractivity contribution in [3.8, 4) is 0 Å². The third kappa shape index (κ3) is 4.25. The van der Waals surface area contributed by atoms with E-state index in [0.717, 1.165) is 18.6 Å². The second-order valence-corrected chi connectivity index (χ2v) is 7.50. The van der Waals surface area contributed by atoms with Crippen LogP contribution in [0.25, 0.3) is 0 Å². The lowest BCUT2D eigenvalue weighted by Gasteiger charge is -2.16. The van der Waals surface area contributed by atoms with Gasteiger partial charge in [0.1, 0.15) is 0 Å². The summed E-state index contributed by atoms with van der Waals surface area (Å²) in [7, 11) is -3.95. The molecule has 8 nitrogen and oxygen atoms in total. The minimum Gasteiger partial charge on any atom is -0.332 e. The minimum atomic E-state index is -3.95. The van der Waals surface area contributed by atoms with Crippen LogP contribution in [0.2, 0.25) is 0 Å². The van der Waals surface area contributed by atoms with E-state index in [1.807, 2.05) is 11.8 Å². The summed E-state index contributed by atoms with van der Waals surface area (Å²) in [6.45, 7) is 0. The highest BCUT2D eigenvalue weighted by Gasteiger charge is 2.42. The molecule has 0 aromatic heterocycles. The van der Waals surface area contributed by atoms with Crippen LogP contribution in [-0.4, -0.2) is 43.4 Å². The van der Waals surface area contributed by atoms with Crippen LogP contribution in [0.4, 0.5) is 4.79 Å². The van der Waals surface area contributed by atoms with Gasteiger partial charge in [0, 0.05) is 17.4 Å². The number of urea groups is 1. The molecule has 5 N–H and O–H groups in total. The Morgan fingerprint density at radius 2 is 2.15 bits per heavy atom. The van der Waals surface area contributed by atoms with Gasteiger partial charge < -0.3 is 10.6 Å². The van der Waals surface area contributed by atoms with E-state index in [4.69, 9.17) is 5.14 Å². The lowest BCUT2D eigenvalue weighted by Crippen LogP contribution is -2.37. The summed E-state index contributed by atoms with van der Waals surface area (Å²) in [5.74, 6) is 0.320. The van der Waals surface area contributed by atoms with Crippen molar-refractivity contribution in [2.45, 2.75) is 43.0 Å². The second-order valence-electron chi connectivity index (χ2n) is 4.94. The van der Waals surface area contributed by atoms with Crippen molar-refractivity contribution < 1.29 is 18.0 Å². The maximum Gasteiger partial charge on any atom is 0.315 e. The summed E-state index contributed by atoms with van der Waals surface area (Å²) < 4.78 is 23.0. The Kier molecular flexibility index (Phi) is 4.76. The number of nitrogens with one attached hydrogen (secondary N) is 3. The third-order valence-electron chi connectivity index (χ3n) is 3.34. The monoisotopic (exact) mass is 322 g/mol. The predicted molar refractivity (Wildman–Crippen MR) is 75.2 cm³/mol. The lowest BCUT2D eigenvalue weighted by molar-refractivity contribution is -0.119. The fourth-order valence-corrected chi connectivity index (χ4v) is 4.45. The zero-order valence-electron chi connectivity index (χ0n) is 10.8. The number of amides is 3. The molecule has 2 saturated heterocycles. The molecule has 2 fully saturated rings. The average molecular weight is 322 g/mol. The van der Waals surface area contributed by atoms with Crippen molar-refractivity contribution in [1.29, 1.82) is 0 Å². The number of nitrogens with two attached hydrogens (primary N) is 1. The van der Waals surface area contributed by atoms with Crippen LogP contribution >= 0.6 is 11.8 Å². The van der Waals surface area contributed by atoms with Crippen molar-refractivity contribution in [1.82, 2.24) is 15.4 Å². The third-order valence-corrected chi connectivity index (χ3v) is 5.36. The lowest BCUT2D eigenvalue weighted by atomic mass is 10.0. The number of unbranched alkanes of at least 4 members (excludes halogenated alkanes) is 1. The average Bonchev–Trinajstić information content (AvgIpc) is 2.82. The summed E-state index contributed by atoms with van der Waals surface area (Å²) in [5.41, 5.74) is 0. The van der Waals surface area contributed by atoms with Crippen molar-refractivity contribution >= 4 is 33.9 Å². The van der Waals surface area contributed by atoms with E-state index in [2.05, 4.69) is 10.6 Å². The highest BCUT2D eigenvalue weighted by Crippen LogP contribution is 2.33. The van der Waals surface area contributed by atoms with E-state index in [0.29, 0.717) is 11.7 Å². The van der Waals surface area contributed by atoms with Gasteiger partial charge in [-0.1, -0.05) is 6.42 Å². The molecule has 2 heterocycles. The molecule has 10 heteroatoms. The molecule has 2 aliphatic heterocycles. The quantitative estimate of drug-likeness (QED) is 0.369. The Labute approximate surface area is 121 Å². The van der Waals surface area contributed by atoms with Gasteiger partial charge in [-0.2, -0.15) is 20.2 Å². The standard InChI is InChI=1S/C10H18N4O4S2/c11-20(17,18)14-8(15)4-2-1-3-7-9-6(5-19-7)12-10(16)13-9/h6-7,9H,1-5H2,(H,14,15)(H2,11,17,18)(H2,12,13,16)/t6-,7-,9-/m0/s1. The topological polar surface area (TPSA) is 130 Å². The summed E-state index contributed by atoms with van der Waals surface area (Å²) in [5, 5.41) is 10.8. The number of hydrogen-bond acceptors (Lipinski definition) is 5. The number of carbonyl (C=O) groups is 2. The molecule has 0 aromatic carbocycles. The Hall–Kier alpha value is -1.00. The van der Waals surface area contributed by atoms with Crippen LogP contribution in [0.1, 0.15) is 25.7 Å². The highest BCUT2D eigenvalue weighted by molar-refractivity contribution is 8.00. The van der Waals surface area contributed by atoms with E-state index < -0.39 is 16.1 Å². The summed E-state index contributed by atoms with van der Waals surface area (Å²) >= 11 is 1.81.